The average Bonchev–Trinajstić information content (AvgIpc) is 3.16. The van der Waals surface area contributed by atoms with Crippen LogP contribution in [0.4, 0.5) is 5.69 Å². The van der Waals surface area contributed by atoms with Gasteiger partial charge in [-0.1, -0.05) is 32.1 Å². The van der Waals surface area contributed by atoms with Crippen LogP contribution in [0, 0.1) is 5.41 Å². The van der Waals surface area contributed by atoms with Crippen molar-refractivity contribution < 1.29 is 19.5 Å². The second-order valence-electron chi connectivity index (χ2n) is 8.78. The fourth-order valence-electron chi connectivity index (χ4n) is 5.19. The van der Waals surface area contributed by atoms with Crippen LogP contribution in [-0.2, 0) is 9.59 Å². The minimum atomic E-state index is -1.77. The molecule has 0 radical (unpaired) electrons. The summed E-state index contributed by atoms with van der Waals surface area (Å²) in [6.07, 6.45) is 4.37. The van der Waals surface area contributed by atoms with Crippen molar-refractivity contribution in [3.05, 3.63) is 42.1 Å². The second kappa shape index (κ2) is 5.23. The van der Waals surface area contributed by atoms with Gasteiger partial charge in [-0.2, -0.15) is 0 Å². The molecular weight excluding hydrogens is 358 g/mol. The molecule has 1 spiro atoms. The van der Waals surface area contributed by atoms with Crippen LogP contribution in [-0.4, -0.2) is 56.4 Å². The van der Waals surface area contributed by atoms with Gasteiger partial charge in [0.15, 0.2) is 5.78 Å². The van der Waals surface area contributed by atoms with Crippen molar-refractivity contribution in [2.45, 2.75) is 50.4 Å². The van der Waals surface area contributed by atoms with E-state index in [0.717, 1.165) is 5.69 Å². The van der Waals surface area contributed by atoms with Gasteiger partial charge in [0.1, 0.15) is 11.6 Å². The average molecular weight is 381 g/mol. The Morgan fingerprint density at radius 1 is 1.18 bits per heavy atom. The lowest BCUT2D eigenvalue weighted by Crippen LogP contribution is -2.69. The Morgan fingerprint density at radius 3 is 2.68 bits per heavy atom. The molecule has 4 aliphatic heterocycles. The SMILES string of the molecule is CC1(C)C=CN2C(=O)[C@]3(O)CCCN3C(=O)[C@@H]2C[C@]12Nc1ccccc1C2=O. The number of ketones is 1. The molecule has 0 aromatic heterocycles. The van der Waals surface area contributed by atoms with Crippen LogP contribution in [0.25, 0.3) is 0 Å². The van der Waals surface area contributed by atoms with Gasteiger partial charge in [-0.3, -0.25) is 14.4 Å². The van der Waals surface area contributed by atoms with E-state index in [0.29, 0.717) is 18.5 Å². The van der Waals surface area contributed by atoms with E-state index in [2.05, 4.69) is 5.32 Å². The molecule has 2 N–H and O–H groups in total. The minimum absolute atomic E-state index is 0.0675. The number of Topliss-reactive ketones (excluding diaryl/α,β-unsaturated/α-hetero) is 1. The molecule has 7 nitrogen and oxygen atoms in total. The van der Waals surface area contributed by atoms with Gasteiger partial charge in [-0.25, -0.2) is 0 Å². The molecule has 4 aliphatic rings. The van der Waals surface area contributed by atoms with E-state index in [4.69, 9.17) is 0 Å². The van der Waals surface area contributed by atoms with Crippen LogP contribution >= 0.6 is 0 Å². The second-order valence-corrected chi connectivity index (χ2v) is 8.78. The number of carbonyl (C=O) groups is 3. The molecule has 0 aliphatic carbocycles. The molecule has 2 saturated heterocycles. The largest absolute Gasteiger partial charge is 0.371 e. The Labute approximate surface area is 163 Å². The van der Waals surface area contributed by atoms with E-state index in [1.54, 1.807) is 12.3 Å². The summed E-state index contributed by atoms with van der Waals surface area (Å²) in [7, 11) is 0. The summed E-state index contributed by atoms with van der Waals surface area (Å²) in [6.45, 7) is 4.22. The van der Waals surface area contributed by atoms with Gasteiger partial charge in [0.05, 0.1) is 0 Å². The van der Waals surface area contributed by atoms with Crippen molar-refractivity contribution in [3.63, 3.8) is 0 Å². The summed E-state index contributed by atoms with van der Waals surface area (Å²) in [5.74, 6) is -0.851. The van der Waals surface area contributed by atoms with E-state index in [-0.39, 0.29) is 24.5 Å². The topological polar surface area (TPSA) is 90.0 Å². The van der Waals surface area contributed by atoms with Gasteiger partial charge in [0.2, 0.25) is 11.6 Å². The number of nitrogens with one attached hydrogen (secondary N) is 1. The van der Waals surface area contributed by atoms with Gasteiger partial charge in [-0.15, -0.1) is 0 Å². The summed E-state index contributed by atoms with van der Waals surface area (Å²) in [5, 5.41) is 14.3. The maximum atomic E-state index is 13.5. The summed E-state index contributed by atoms with van der Waals surface area (Å²) in [6, 6.07) is 6.51. The third-order valence-corrected chi connectivity index (χ3v) is 6.98. The van der Waals surface area contributed by atoms with Crippen molar-refractivity contribution in [3.8, 4) is 0 Å². The van der Waals surface area contributed by atoms with Crippen molar-refractivity contribution >= 4 is 23.3 Å². The molecule has 0 unspecified atom stereocenters. The first-order valence-electron chi connectivity index (χ1n) is 9.69. The lowest BCUT2D eigenvalue weighted by molar-refractivity contribution is -0.189. The molecule has 3 atom stereocenters. The number of rotatable bonds is 0. The van der Waals surface area contributed by atoms with Crippen molar-refractivity contribution in [1.29, 1.82) is 0 Å². The van der Waals surface area contributed by atoms with E-state index in [1.807, 2.05) is 38.1 Å². The lowest BCUT2D eigenvalue weighted by Gasteiger charge is -2.47. The molecule has 1 aromatic carbocycles. The summed E-state index contributed by atoms with van der Waals surface area (Å²) in [5.41, 5.74) is -2.12. The molecule has 5 rings (SSSR count). The van der Waals surface area contributed by atoms with Crippen LogP contribution in [0.15, 0.2) is 36.5 Å². The number of hydrogen-bond donors (Lipinski definition) is 2. The first kappa shape index (κ1) is 17.4. The first-order chi connectivity index (χ1) is 13.2. The van der Waals surface area contributed by atoms with E-state index < -0.39 is 28.6 Å². The third kappa shape index (κ3) is 1.90. The number of amides is 2. The van der Waals surface area contributed by atoms with Crippen molar-refractivity contribution in [1.82, 2.24) is 9.80 Å². The van der Waals surface area contributed by atoms with Crippen LogP contribution in [0.5, 0.6) is 0 Å². The summed E-state index contributed by atoms with van der Waals surface area (Å²) in [4.78, 5) is 42.5. The molecular formula is C21H23N3O4. The molecule has 28 heavy (non-hydrogen) atoms. The fraction of sp³-hybridized carbons (Fsp3) is 0.476. The third-order valence-electron chi connectivity index (χ3n) is 6.98. The Hall–Kier alpha value is -2.67. The van der Waals surface area contributed by atoms with E-state index in [9.17, 15) is 19.5 Å². The predicted molar refractivity (Wildman–Crippen MR) is 101 cm³/mol. The molecule has 2 fully saturated rings. The zero-order valence-electron chi connectivity index (χ0n) is 15.9. The summed E-state index contributed by atoms with van der Waals surface area (Å²) < 4.78 is 0. The van der Waals surface area contributed by atoms with Gasteiger partial charge in [0, 0.05) is 42.3 Å². The lowest BCUT2D eigenvalue weighted by atomic mass is 9.67. The Balaban J connectivity index is 1.63. The normalized spacial score (nSPS) is 35.5. The van der Waals surface area contributed by atoms with Crippen LogP contribution in [0.1, 0.15) is 43.5 Å². The van der Waals surface area contributed by atoms with Crippen LogP contribution < -0.4 is 5.32 Å². The zero-order chi connectivity index (χ0) is 19.9. The maximum Gasteiger partial charge on any atom is 0.280 e. The van der Waals surface area contributed by atoms with Gasteiger partial charge in [0.25, 0.3) is 5.91 Å². The number of aliphatic hydroxyl groups is 1. The molecule has 1 aromatic rings. The van der Waals surface area contributed by atoms with E-state index in [1.165, 1.54) is 9.80 Å². The Morgan fingerprint density at radius 2 is 1.93 bits per heavy atom. The van der Waals surface area contributed by atoms with Crippen molar-refractivity contribution in [2.24, 2.45) is 5.41 Å². The number of carbonyl (C=O) groups excluding carboxylic acids is 3. The standard InChI is InChI=1S/C21H23N3O4/c1-19(2)9-11-23-15(17(26)24-10-5-8-21(24,28)18(23)27)12-20(19)16(25)13-6-3-4-7-14(13)22-20/h3-4,6-7,9,11,15,22,28H,5,8,10,12H2,1-2H3/t15-,20+,21+/m0/s1. The number of fused-ring (bicyclic) bond motifs is 3. The molecule has 0 bridgehead atoms. The molecule has 146 valence electrons. The molecule has 2 amide bonds. The van der Waals surface area contributed by atoms with E-state index >= 15 is 0 Å². The molecule has 4 heterocycles. The first-order valence-corrected chi connectivity index (χ1v) is 9.69. The predicted octanol–water partition coefficient (Wildman–Crippen LogP) is 1.50. The van der Waals surface area contributed by atoms with Gasteiger partial charge < -0.3 is 20.2 Å². The van der Waals surface area contributed by atoms with Gasteiger partial charge in [-0.05, 0) is 18.6 Å². The number of hydrogen-bond acceptors (Lipinski definition) is 5. The highest BCUT2D eigenvalue weighted by Crippen LogP contribution is 2.50. The highest BCUT2D eigenvalue weighted by molar-refractivity contribution is 6.14. The quantitative estimate of drug-likeness (QED) is 0.711. The van der Waals surface area contributed by atoms with Crippen LogP contribution in [0.3, 0.4) is 0 Å². The minimum Gasteiger partial charge on any atom is -0.371 e. The highest BCUT2D eigenvalue weighted by atomic mass is 16.3. The number of anilines is 1. The number of para-hydroxylation sites is 1. The smallest absolute Gasteiger partial charge is 0.280 e. The number of piperazine rings is 1. The maximum absolute atomic E-state index is 13.5. The van der Waals surface area contributed by atoms with Gasteiger partial charge >= 0.3 is 0 Å². The summed E-state index contributed by atoms with van der Waals surface area (Å²) >= 11 is 0. The fourth-order valence-corrected chi connectivity index (χ4v) is 5.19. The zero-order valence-corrected chi connectivity index (χ0v) is 15.9. The highest BCUT2D eigenvalue weighted by Gasteiger charge is 2.63. The number of benzene rings is 1. The Bertz CT molecular complexity index is 955. The monoisotopic (exact) mass is 381 g/mol. The molecule has 7 heteroatoms. The van der Waals surface area contributed by atoms with Crippen molar-refractivity contribution in [2.75, 3.05) is 11.9 Å². The Kier molecular flexibility index (Phi) is 3.25. The molecule has 0 saturated carbocycles. The van der Waals surface area contributed by atoms with Crippen LogP contribution in [0.2, 0.25) is 0 Å². The number of nitrogens with zero attached hydrogens (tertiary/aromatic N) is 2.